The molecule has 130 valence electrons. The molecule has 2 N–H and O–H groups in total. The van der Waals surface area contributed by atoms with Gasteiger partial charge in [-0.05, 0) is 36.8 Å². The molecule has 7 heteroatoms. The van der Waals surface area contributed by atoms with Crippen molar-refractivity contribution in [2.24, 2.45) is 0 Å². The summed E-state index contributed by atoms with van der Waals surface area (Å²) < 4.78 is 32.3. The highest BCUT2D eigenvalue weighted by Crippen LogP contribution is 2.25. The van der Waals surface area contributed by atoms with Gasteiger partial charge >= 0.3 is 0 Å². The van der Waals surface area contributed by atoms with Gasteiger partial charge in [0.15, 0.2) is 0 Å². The van der Waals surface area contributed by atoms with Gasteiger partial charge in [-0.3, -0.25) is 4.79 Å². The maximum Gasteiger partial charge on any atom is 0.253 e. The van der Waals surface area contributed by atoms with E-state index in [1.54, 1.807) is 30.3 Å². The number of fused-ring (bicyclic) bond motifs is 1. The number of aryl methyl sites for hydroxylation is 1. The first-order valence-corrected chi connectivity index (χ1v) is 9.15. The fraction of sp³-hybridized carbons (Fsp3) is 0.167. The highest BCUT2D eigenvalue weighted by Gasteiger charge is 2.15. The van der Waals surface area contributed by atoms with E-state index < -0.39 is 10.0 Å². The van der Waals surface area contributed by atoms with Crippen LogP contribution < -0.4 is 15.0 Å². The molecule has 2 aromatic carbocycles. The molecule has 6 nitrogen and oxygen atoms in total. The third-order valence-electron chi connectivity index (χ3n) is 4.00. The second-order valence-electron chi connectivity index (χ2n) is 5.63. The molecule has 0 bridgehead atoms. The summed E-state index contributed by atoms with van der Waals surface area (Å²) in [6.07, 6.45) is 0. The molecule has 3 rings (SSSR count). The Morgan fingerprint density at radius 3 is 2.52 bits per heavy atom. The summed E-state index contributed by atoms with van der Waals surface area (Å²) in [5.41, 5.74) is 1.54. The average molecular weight is 358 g/mol. The number of nitrogens with one attached hydrogen (secondary N) is 2. The fourth-order valence-corrected chi connectivity index (χ4v) is 3.64. The lowest BCUT2D eigenvalue weighted by Crippen LogP contribution is -2.27. The van der Waals surface area contributed by atoms with Crippen LogP contribution in [-0.2, 0) is 16.6 Å². The second kappa shape index (κ2) is 6.70. The number of rotatable bonds is 5. The van der Waals surface area contributed by atoms with Crippen molar-refractivity contribution in [1.82, 2.24) is 9.71 Å². The van der Waals surface area contributed by atoms with Crippen molar-refractivity contribution in [3.8, 4) is 5.75 Å². The van der Waals surface area contributed by atoms with Gasteiger partial charge in [0.05, 0.1) is 17.5 Å². The Balaban J connectivity index is 1.96. The summed E-state index contributed by atoms with van der Waals surface area (Å²) in [7, 11) is -2.15. The number of H-pyrrole nitrogens is 1. The minimum Gasteiger partial charge on any atom is -0.495 e. The lowest BCUT2D eigenvalue weighted by molar-refractivity contribution is 0.418. The van der Waals surface area contributed by atoms with E-state index in [0.717, 1.165) is 10.9 Å². The number of hydrogen-bond acceptors (Lipinski definition) is 4. The molecule has 0 aliphatic rings. The van der Waals surface area contributed by atoms with Crippen LogP contribution in [0.4, 0.5) is 0 Å². The molecule has 0 unspecified atom stereocenters. The smallest absolute Gasteiger partial charge is 0.253 e. The fourth-order valence-electron chi connectivity index (χ4n) is 2.61. The largest absolute Gasteiger partial charge is 0.495 e. The van der Waals surface area contributed by atoms with Crippen molar-refractivity contribution in [2.45, 2.75) is 18.4 Å². The molecule has 0 aliphatic heterocycles. The van der Waals surface area contributed by atoms with Gasteiger partial charge in [-0.2, -0.15) is 0 Å². The monoisotopic (exact) mass is 358 g/mol. The standard InChI is InChI=1S/C18H18N2O4S/c1-12-8-9-16(24-2)17-15(12)10-13(18(21)20-17)11-19-25(22,23)14-6-4-3-5-7-14/h3-10,19H,11H2,1-2H3,(H,20,21). The van der Waals surface area contributed by atoms with Crippen LogP contribution in [0.25, 0.3) is 10.9 Å². The van der Waals surface area contributed by atoms with Gasteiger partial charge in [-0.25, -0.2) is 13.1 Å². The van der Waals surface area contributed by atoms with E-state index in [1.165, 1.54) is 19.2 Å². The van der Waals surface area contributed by atoms with Gasteiger partial charge in [0, 0.05) is 17.5 Å². The number of pyridine rings is 1. The number of aromatic amines is 1. The number of methoxy groups -OCH3 is 1. The molecule has 0 amide bonds. The van der Waals surface area contributed by atoms with Crippen molar-refractivity contribution < 1.29 is 13.2 Å². The highest BCUT2D eigenvalue weighted by atomic mass is 32.2. The van der Waals surface area contributed by atoms with Crippen LogP contribution in [0.1, 0.15) is 11.1 Å². The predicted molar refractivity (Wildman–Crippen MR) is 96.3 cm³/mol. The molecule has 3 aromatic rings. The summed E-state index contributed by atoms with van der Waals surface area (Å²) in [4.78, 5) is 15.3. The quantitative estimate of drug-likeness (QED) is 0.733. The molecular weight excluding hydrogens is 340 g/mol. The predicted octanol–water partition coefficient (Wildman–Crippen LogP) is 2.32. The van der Waals surface area contributed by atoms with Crippen molar-refractivity contribution in [3.63, 3.8) is 0 Å². The topological polar surface area (TPSA) is 88.3 Å². The van der Waals surface area contributed by atoms with Crippen molar-refractivity contribution >= 4 is 20.9 Å². The van der Waals surface area contributed by atoms with E-state index in [1.807, 2.05) is 13.0 Å². The zero-order chi connectivity index (χ0) is 18.0. The highest BCUT2D eigenvalue weighted by molar-refractivity contribution is 7.89. The Morgan fingerprint density at radius 2 is 1.84 bits per heavy atom. The molecule has 1 heterocycles. The molecule has 0 aliphatic carbocycles. The minimum atomic E-state index is -3.68. The third kappa shape index (κ3) is 3.42. The zero-order valence-corrected chi connectivity index (χ0v) is 14.7. The Kier molecular flexibility index (Phi) is 4.61. The molecule has 0 saturated carbocycles. The molecule has 0 radical (unpaired) electrons. The molecule has 0 atom stereocenters. The normalized spacial score (nSPS) is 11.6. The zero-order valence-electron chi connectivity index (χ0n) is 13.9. The second-order valence-corrected chi connectivity index (χ2v) is 7.40. The van der Waals surface area contributed by atoms with Gasteiger partial charge in [-0.15, -0.1) is 0 Å². The van der Waals surface area contributed by atoms with Crippen molar-refractivity contribution in [3.05, 3.63) is 70.0 Å². The van der Waals surface area contributed by atoms with E-state index in [9.17, 15) is 13.2 Å². The van der Waals surface area contributed by atoms with E-state index in [-0.39, 0.29) is 17.0 Å². The number of benzene rings is 2. The number of aromatic nitrogens is 1. The van der Waals surface area contributed by atoms with Crippen LogP contribution in [0, 0.1) is 6.92 Å². The first-order chi connectivity index (χ1) is 11.9. The van der Waals surface area contributed by atoms with Gasteiger partial charge in [0.25, 0.3) is 5.56 Å². The van der Waals surface area contributed by atoms with E-state index in [4.69, 9.17) is 4.74 Å². The van der Waals surface area contributed by atoms with Crippen LogP contribution in [0.3, 0.4) is 0 Å². The summed E-state index contributed by atoms with van der Waals surface area (Å²) in [6, 6.07) is 13.4. The van der Waals surface area contributed by atoms with Crippen LogP contribution in [0.15, 0.2) is 58.2 Å². The van der Waals surface area contributed by atoms with E-state index in [0.29, 0.717) is 16.8 Å². The number of sulfonamides is 1. The first kappa shape index (κ1) is 17.2. The Hall–Kier alpha value is -2.64. The van der Waals surface area contributed by atoms with Crippen LogP contribution in [0.2, 0.25) is 0 Å². The third-order valence-corrected chi connectivity index (χ3v) is 5.42. The summed E-state index contributed by atoms with van der Waals surface area (Å²) in [6.45, 7) is 1.82. The SMILES string of the molecule is COc1ccc(C)c2cc(CNS(=O)(=O)c3ccccc3)c(=O)[nH]c12. The lowest BCUT2D eigenvalue weighted by atomic mass is 10.1. The Bertz CT molecular complexity index is 1070. The van der Waals surface area contributed by atoms with Crippen LogP contribution in [0.5, 0.6) is 5.75 Å². The molecule has 25 heavy (non-hydrogen) atoms. The molecule has 1 aromatic heterocycles. The summed E-state index contributed by atoms with van der Waals surface area (Å²) >= 11 is 0. The maximum atomic E-state index is 12.3. The van der Waals surface area contributed by atoms with Crippen molar-refractivity contribution in [1.29, 1.82) is 0 Å². The number of hydrogen-bond donors (Lipinski definition) is 2. The average Bonchev–Trinajstić information content (AvgIpc) is 2.61. The molecule has 0 fully saturated rings. The maximum absolute atomic E-state index is 12.3. The van der Waals surface area contributed by atoms with E-state index >= 15 is 0 Å². The lowest BCUT2D eigenvalue weighted by Gasteiger charge is -2.10. The van der Waals surface area contributed by atoms with Crippen LogP contribution >= 0.6 is 0 Å². The summed E-state index contributed by atoms with van der Waals surface area (Å²) in [5, 5.41) is 0.813. The molecule has 0 saturated heterocycles. The molecular formula is C18H18N2O4S. The molecule has 0 spiro atoms. The van der Waals surface area contributed by atoms with Gasteiger partial charge < -0.3 is 9.72 Å². The summed E-state index contributed by atoms with van der Waals surface area (Å²) in [5.74, 6) is 0.564. The van der Waals surface area contributed by atoms with E-state index in [2.05, 4.69) is 9.71 Å². The Morgan fingerprint density at radius 1 is 1.12 bits per heavy atom. The van der Waals surface area contributed by atoms with Gasteiger partial charge in [0.1, 0.15) is 5.75 Å². The number of ether oxygens (including phenoxy) is 1. The minimum absolute atomic E-state index is 0.0981. The Labute approximate surface area is 145 Å². The first-order valence-electron chi connectivity index (χ1n) is 7.66. The van der Waals surface area contributed by atoms with Crippen molar-refractivity contribution in [2.75, 3.05) is 7.11 Å². The van der Waals surface area contributed by atoms with Crippen LogP contribution in [-0.4, -0.2) is 20.5 Å². The van der Waals surface area contributed by atoms with Gasteiger partial charge in [-0.1, -0.05) is 24.3 Å². The van der Waals surface area contributed by atoms with Gasteiger partial charge in [0.2, 0.25) is 10.0 Å².